The van der Waals surface area contributed by atoms with Gasteiger partial charge in [0.2, 0.25) is 5.75 Å². The molecular weight excluding hydrogens is 409 g/mol. The molecule has 0 atom stereocenters. The fourth-order valence-corrected chi connectivity index (χ4v) is 2.68. The molecular formula is C19H19Cl2NO6. The second kappa shape index (κ2) is 10.1. The SMILES string of the molecule is COc1cc(NC(=O)COC(=O)Cc2ccc(Cl)c(Cl)c2)cc(OC)c1OC. The number of anilines is 1. The molecule has 0 unspecified atom stereocenters. The van der Waals surface area contributed by atoms with Gasteiger partial charge in [-0.05, 0) is 17.7 Å². The van der Waals surface area contributed by atoms with Crippen LogP contribution in [0.4, 0.5) is 5.69 Å². The molecule has 28 heavy (non-hydrogen) atoms. The van der Waals surface area contributed by atoms with Crippen LogP contribution in [-0.4, -0.2) is 39.8 Å². The van der Waals surface area contributed by atoms with E-state index in [0.29, 0.717) is 38.5 Å². The van der Waals surface area contributed by atoms with E-state index in [1.54, 1.807) is 30.3 Å². The van der Waals surface area contributed by atoms with Crippen molar-refractivity contribution in [1.29, 1.82) is 0 Å². The zero-order valence-electron chi connectivity index (χ0n) is 15.5. The number of hydrogen-bond acceptors (Lipinski definition) is 6. The van der Waals surface area contributed by atoms with Crippen molar-refractivity contribution < 1.29 is 28.5 Å². The normalized spacial score (nSPS) is 10.2. The van der Waals surface area contributed by atoms with Crippen molar-refractivity contribution in [3.8, 4) is 17.2 Å². The van der Waals surface area contributed by atoms with E-state index >= 15 is 0 Å². The number of carbonyl (C=O) groups is 2. The molecule has 2 aromatic carbocycles. The number of halogens is 2. The third-order valence-corrected chi connectivity index (χ3v) is 4.38. The van der Waals surface area contributed by atoms with Crippen molar-refractivity contribution in [3.05, 3.63) is 45.9 Å². The zero-order valence-corrected chi connectivity index (χ0v) is 17.0. The highest BCUT2D eigenvalue weighted by Crippen LogP contribution is 2.39. The van der Waals surface area contributed by atoms with Crippen LogP contribution >= 0.6 is 23.2 Å². The molecule has 7 nitrogen and oxygen atoms in total. The van der Waals surface area contributed by atoms with Crippen LogP contribution in [0.2, 0.25) is 10.0 Å². The first-order chi connectivity index (χ1) is 13.4. The lowest BCUT2D eigenvalue weighted by molar-refractivity contribution is -0.146. The van der Waals surface area contributed by atoms with E-state index in [2.05, 4.69) is 5.32 Å². The summed E-state index contributed by atoms with van der Waals surface area (Å²) in [5, 5.41) is 3.34. The number of rotatable bonds is 8. The van der Waals surface area contributed by atoms with E-state index in [4.69, 9.17) is 42.1 Å². The monoisotopic (exact) mass is 427 g/mol. The van der Waals surface area contributed by atoms with Crippen molar-refractivity contribution in [1.82, 2.24) is 0 Å². The maximum Gasteiger partial charge on any atom is 0.310 e. The first-order valence-electron chi connectivity index (χ1n) is 8.07. The van der Waals surface area contributed by atoms with Gasteiger partial charge in [0, 0.05) is 17.8 Å². The molecule has 2 rings (SSSR count). The van der Waals surface area contributed by atoms with Crippen LogP contribution in [0.15, 0.2) is 30.3 Å². The maximum absolute atomic E-state index is 12.1. The van der Waals surface area contributed by atoms with E-state index in [1.807, 2.05) is 0 Å². The van der Waals surface area contributed by atoms with Gasteiger partial charge in [0.1, 0.15) is 0 Å². The van der Waals surface area contributed by atoms with Crippen LogP contribution in [0, 0.1) is 0 Å². The highest BCUT2D eigenvalue weighted by atomic mass is 35.5. The van der Waals surface area contributed by atoms with Gasteiger partial charge in [0.25, 0.3) is 5.91 Å². The van der Waals surface area contributed by atoms with Gasteiger partial charge in [0.15, 0.2) is 18.1 Å². The Morgan fingerprint density at radius 1 is 0.929 bits per heavy atom. The number of amides is 1. The molecule has 0 aliphatic carbocycles. The van der Waals surface area contributed by atoms with Gasteiger partial charge >= 0.3 is 5.97 Å². The number of benzene rings is 2. The highest BCUT2D eigenvalue weighted by molar-refractivity contribution is 6.42. The van der Waals surface area contributed by atoms with Crippen LogP contribution in [0.25, 0.3) is 0 Å². The summed E-state index contributed by atoms with van der Waals surface area (Å²) in [6.45, 7) is -0.448. The predicted molar refractivity (Wildman–Crippen MR) is 106 cm³/mol. The summed E-state index contributed by atoms with van der Waals surface area (Å²) in [7, 11) is 4.41. The largest absolute Gasteiger partial charge is 0.493 e. The minimum absolute atomic E-state index is 0.0334. The van der Waals surface area contributed by atoms with E-state index in [0.717, 1.165) is 0 Å². The van der Waals surface area contributed by atoms with Crippen molar-refractivity contribution in [2.45, 2.75) is 6.42 Å². The second-order valence-corrected chi connectivity index (χ2v) is 6.36. The van der Waals surface area contributed by atoms with Crippen LogP contribution in [0.1, 0.15) is 5.56 Å². The Hall–Kier alpha value is -2.64. The summed E-state index contributed by atoms with van der Waals surface area (Å²) < 4.78 is 20.7. The Morgan fingerprint density at radius 3 is 2.11 bits per heavy atom. The molecule has 0 bridgehead atoms. The number of nitrogens with one attached hydrogen (secondary N) is 1. The van der Waals surface area contributed by atoms with Crippen molar-refractivity contribution in [2.24, 2.45) is 0 Å². The van der Waals surface area contributed by atoms with Crippen molar-refractivity contribution >= 4 is 40.8 Å². The summed E-state index contributed by atoms with van der Waals surface area (Å²) in [4.78, 5) is 24.0. The second-order valence-electron chi connectivity index (χ2n) is 5.55. The first-order valence-corrected chi connectivity index (χ1v) is 8.83. The Balaban J connectivity index is 1.94. The lowest BCUT2D eigenvalue weighted by atomic mass is 10.1. The summed E-state index contributed by atoms with van der Waals surface area (Å²) in [5.41, 5.74) is 1.03. The van der Waals surface area contributed by atoms with Gasteiger partial charge in [-0.25, -0.2) is 0 Å². The van der Waals surface area contributed by atoms with Crippen LogP contribution in [0.3, 0.4) is 0 Å². The molecule has 150 valence electrons. The minimum atomic E-state index is -0.571. The molecule has 0 radical (unpaired) electrons. The quantitative estimate of drug-likeness (QED) is 0.645. The maximum atomic E-state index is 12.1. The highest BCUT2D eigenvalue weighted by Gasteiger charge is 2.15. The third kappa shape index (κ3) is 5.68. The third-order valence-electron chi connectivity index (χ3n) is 3.65. The van der Waals surface area contributed by atoms with Gasteiger partial charge < -0.3 is 24.3 Å². The average Bonchev–Trinajstić information content (AvgIpc) is 2.68. The Labute approximate surface area is 172 Å². The smallest absolute Gasteiger partial charge is 0.310 e. The molecule has 0 aliphatic rings. The van der Waals surface area contributed by atoms with Gasteiger partial charge in [-0.15, -0.1) is 0 Å². The number of hydrogen-bond donors (Lipinski definition) is 1. The summed E-state index contributed by atoms with van der Waals surface area (Å²) in [5.74, 6) is 0.0776. The predicted octanol–water partition coefficient (Wildman–Crippen LogP) is 3.74. The molecule has 0 heterocycles. The first kappa shape index (κ1) is 21.7. The van der Waals surface area contributed by atoms with Gasteiger partial charge in [-0.2, -0.15) is 0 Å². The van der Waals surface area contributed by atoms with Crippen LogP contribution < -0.4 is 19.5 Å². The Bertz CT molecular complexity index is 846. The summed E-state index contributed by atoms with van der Waals surface area (Å²) in [6, 6.07) is 7.95. The number of ether oxygens (including phenoxy) is 4. The molecule has 1 amide bonds. The average molecular weight is 428 g/mol. The topological polar surface area (TPSA) is 83.1 Å². The van der Waals surface area contributed by atoms with E-state index < -0.39 is 18.5 Å². The van der Waals surface area contributed by atoms with Crippen molar-refractivity contribution in [2.75, 3.05) is 33.3 Å². The van der Waals surface area contributed by atoms with Gasteiger partial charge in [-0.1, -0.05) is 29.3 Å². The minimum Gasteiger partial charge on any atom is -0.493 e. The lowest BCUT2D eigenvalue weighted by Gasteiger charge is -2.14. The molecule has 2 aromatic rings. The summed E-state index contributed by atoms with van der Waals surface area (Å²) >= 11 is 11.7. The molecule has 0 aromatic heterocycles. The molecule has 0 fully saturated rings. The summed E-state index contributed by atoms with van der Waals surface area (Å²) in [6.07, 6.45) is -0.0334. The Morgan fingerprint density at radius 2 is 1.57 bits per heavy atom. The number of esters is 1. The fourth-order valence-electron chi connectivity index (χ4n) is 2.36. The molecule has 1 N–H and O–H groups in total. The number of methoxy groups -OCH3 is 3. The fraction of sp³-hybridized carbons (Fsp3) is 0.263. The number of carbonyl (C=O) groups excluding carboxylic acids is 2. The van der Waals surface area contributed by atoms with Crippen LogP contribution in [-0.2, 0) is 20.7 Å². The van der Waals surface area contributed by atoms with Gasteiger partial charge in [0.05, 0.1) is 37.8 Å². The van der Waals surface area contributed by atoms with E-state index in [9.17, 15) is 9.59 Å². The molecule has 0 aliphatic heterocycles. The molecule has 0 saturated carbocycles. The van der Waals surface area contributed by atoms with Crippen molar-refractivity contribution in [3.63, 3.8) is 0 Å². The molecule has 0 spiro atoms. The van der Waals surface area contributed by atoms with E-state index in [1.165, 1.54) is 21.3 Å². The van der Waals surface area contributed by atoms with E-state index in [-0.39, 0.29) is 6.42 Å². The molecule has 0 saturated heterocycles. The van der Waals surface area contributed by atoms with Gasteiger partial charge in [-0.3, -0.25) is 9.59 Å². The lowest BCUT2D eigenvalue weighted by Crippen LogP contribution is -2.21. The Kier molecular flexibility index (Phi) is 7.78. The molecule has 9 heteroatoms. The van der Waals surface area contributed by atoms with Crippen LogP contribution in [0.5, 0.6) is 17.2 Å². The zero-order chi connectivity index (χ0) is 20.7. The standard InChI is InChI=1S/C19H19Cl2NO6/c1-25-15-8-12(9-16(26-2)19(15)27-3)22-17(23)10-28-18(24)7-11-4-5-13(20)14(21)6-11/h4-6,8-9H,7,10H2,1-3H3,(H,22,23).